The van der Waals surface area contributed by atoms with Gasteiger partial charge in [0, 0.05) is 31.0 Å². The van der Waals surface area contributed by atoms with E-state index in [1.807, 2.05) is 54.2 Å². The van der Waals surface area contributed by atoms with Gasteiger partial charge in [0.25, 0.3) is 0 Å². The molecular weight excluding hydrogens is 470 g/mol. The van der Waals surface area contributed by atoms with Gasteiger partial charge in [0.1, 0.15) is 12.4 Å². The zero-order chi connectivity index (χ0) is 22.0. The molecule has 6 nitrogen and oxygen atoms in total. The van der Waals surface area contributed by atoms with E-state index in [2.05, 4.69) is 45.5 Å². The lowest BCUT2D eigenvalue weighted by molar-refractivity contribution is 0.0882. The number of hydrogen-bond donors (Lipinski definition) is 0. The van der Waals surface area contributed by atoms with Gasteiger partial charge >= 0.3 is 0 Å². The van der Waals surface area contributed by atoms with Crippen molar-refractivity contribution >= 4 is 35.0 Å². The van der Waals surface area contributed by atoms with Gasteiger partial charge in [-0.25, -0.2) is 9.97 Å². The second-order valence-corrected chi connectivity index (χ2v) is 15.3. The van der Waals surface area contributed by atoms with Crippen LogP contribution in [0, 0.1) is 6.92 Å². The summed E-state index contributed by atoms with van der Waals surface area (Å²) in [6, 6.07) is 13.0. The van der Waals surface area contributed by atoms with Crippen LogP contribution in [0.5, 0.6) is 0 Å². The highest BCUT2D eigenvalue weighted by molar-refractivity contribution is 9.10. The molecule has 0 fully saturated rings. The molecule has 160 valence electrons. The third-order valence-electron chi connectivity index (χ3n) is 4.94. The molecule has 0 unspecified atom stereocenters. The van der Waals surface area contributed by atoms with Gasteiger partial charge in [-0.1, -0.05) is 25.7 Å². The fraction of sp³-hybridized carbons (Fsp3) is 0.304. The summed E-state index contributed by atoms with van der Waals surface area (Å²) in [6.45, 7) is 10.2. The van der Waals surface area contributed by atoms with Crippen LogP contribution in [0.2, 0.25) is 25.7 Å². The lowest BCUT2D eigenvalue weighted by Crippen LogP contribution is -2.22. The van der Waals surface area contributed by atoms with Crippen molar-refractivity contribution in [2.75, 3.05) is 6.61 Å². The zero-order valence-electron chi connectivity index (χ0n) is 18.3. The molecule has 4 rings (SSSR count). The minimum atomic E-state index is -1.15. The van der Waals surface area contributed by atoms with Crippen molar-refractivity contribution in [3.8, 4) is 22.8 Å². The van der Waals surface area contributed by atoms with E-state index in [-0.39, 0.29) is 0 Å². The molecular formula is C23H26BrN5OSi. The van der Waals surface area contributed by atoms with Gasteiger partial charge in [-0.2, -0.15) is 0 Å². The lowest BCUT2D eigenvalue weighted by atomic mass is 10.1. The second-order valence-electron chi connectivity index (χ2n) is 8.81. The highest BCUT2D eigenvalue weighted by atomic mass is 79.9. The smallest absolute Gasteiger partial charge is 0.124 e. The maximum absolute atomic E-state index is 6.03. The number of ether oxygens (including phenoxy) is 1. The van der Waals surface area contributed by atoms with Crippen molar-refractivity contribution in [3.63, 3.8) is 0 Å². The van der Waals surface area contributed by atoms with E-state index < -0.39 is 8.07 Å². The van der Waals surface area contributed by atoms with Crippen LogP contribution in [0.1, 0.15) is 5.69 Å². The molecule has 4 aromatic rings. The van der Waals surface area contributed by atoms with Crippen LogP contribution in [0.4, 0.5) is 0 Å². The molecule has 0 N–H and O–H groups in total. The maximum atomic E-state index is 6.03. The van der Waals surface area contributed by atoms with Gasteiger partial charge in [0.05, 0.1) is 34.4 Å². The summed E-state index contributed by atoms with van der Waals surface area (Å²) >= 11 is 3.49. The average molecular weight is 496 g/mol. The van der Waals surface area contributed by atoms with Crippen molar-refractivity contribution in [2.24, 2.45) is 0 Å². The molecule has 31 heavy (non-hydrogen) atoms. The summed E-state index contributed by atoms with van der Waals surface area (Å²) in [5, 5.41) is 0. The molecule has 0 aliphatic rings. The van der Waals surface area contributed by atoms with Crippen molar-refractivity contribution in [3.05, 3.63) is 59.1 Å². The Balaban J connectivity index is 1.75. The molecule has 0 saturated carbocycles. The number of pyridine rings is 3. The Morgan fingerprint density at radius 1 is 1.00 bits per heavy atom. The number of halogens is 1. The first kappa shape index (κ1) is 21.8. The number of aryl methyl sites for hydroxylation is 1. The predicted molar refractivity (Wildman–Crippen MR) is 131 cm³/mol. The molecule has 0 radical (unpaired) electrons. The van der Waals surface area contributed by atoms with Crippen molar-refractivity contribution < 1.29 is 4.74 Å². The average Bonchev–Trinajstić information content (AvgIpc) is 3.14. The first-order chi connectivity index (χ1) is 14.8. The normalized spacial score (nSPS) is 11.9. The number of nitrogens with zero attached hydrogens (tertiary/aromatic N) is 5. The van der Waals surface area contributed by atoms with Crippen molar-refractivity contribution in [2.45, 2.75) is 39.3 Å². The van der Waals surface area contributed by atoms with Crippen molar-refractivity contribution in [1.82, 2.24) is 24.5 Å². The Morgan fingerprint density at radius 2 is 1.84 bits per heavy atom. The summed E-state index contributed by atoms with van der Waals surface area (Å²) in [5.41, 5.74) is 5.95. The number of aromatic nitrogens is 5. The molecule has 0 atom stereocenters. The molecule has 8 heteroatoms. The molecule has 0 spiro atoms. The van der Waals surface area contributed by atoms with Crippen LogP contribution < -0.4 is 0 Å². The Hall–Kier alpha value is -2.42. The first-order valence-corrected chi connectivity index (χ1v) is 14.8. The molecule has 0 aliphatic carbocycles. The first-order valence-electron chi connectivity index (χ1n) is 10.3. The summed E-state index contributed by atoms with van der Waals surface area (Å²) < 4.78 is 8.94. The lowest BCUT2D eigenvalue weighted by Gasteiger charge is -2.16. The molecule has 0 amide bonds. The SMILES string of the molecule is Cc1cccc(-c2ncn(COCC[Si](C)(C)C)c2-c2ccc3ncc(Br)cc3n2)n1. The number of fused-ring (bicyclic) bond motifs is 1. The van der Waals surface area contributed by atoms with Crippen LogP contribution in [-0.4, -0.2) is 39.2 Å². The van der Waals surface area contributed by atoms with E-state index in [1.54, 1.807) is 6.20 Å². The summed E-state index contributed by atoms with van der Waals surface area (Å²) in [6.07, 6.45) is 3.59. The quantitative estimate of drug-likeness (QED) is 0.234. The maximum Gasteiger partial charge on any atom is 0.124 e. The minimum absolute atomic E-state index is 0.426. The summed E-state index contributed by atoms with van der Waals surface area (Å²) in [5.74, 6) is 0. The van der Waals surface area contributed by atoms with Crippen LogP contribution in [-0.2, 0) is 11.5 Å². The summed E-state index contributed by atoms with van der Waals surface area (Å²) in [7, 11) is -1.15. The monoisotopic (exact) mass is 495 g/mol. The molecule has 0 aromatic carbocycles. The molecule has 0 bridgehead atoms. The Labute approximate surface area is 191 Å². The van der Waals surface area contributed by atoms with Gasteiger partial charge in [0.15, 0.2) is 0 Å². The largest absolute Gasteiger partial charge is 0.361 e. The topological polar surface area (TPSA) is 65.7 Å². The van der Waals surface area contributed by atoms with Gasteiger partial charge in [-0.05, 0) is 59.2 Å². The molecule has 4 aromatic heterocycles. The van der Waals surface area contributed by atoms with E-state index in [0.29, 0.717) is 6.73 Å². The van der Waals surface area contributed by atoms with Gasteiger partial charge < -0.3 is 9.30 Å². The van der Waals surface area contributed by atoms with E-state index in [1.165, 1.54) is 0 Å². The van der Waals surface area contributed by atoms with Crippen molar-refractivity contribution in [1.29, 1.82) is 0 Å². The number of imidazole rings is 1. The summed E-state index contributed by atoms with van der Waals surface area (Å²) in [4.78, 5) is 18.7. The van der Waals surface area contributed by atoms with E-state index in [4.69, 9.17) is 14.7 Å². The Morgan fingerprint density at radius 3 is 2.61 bits per heavy atom. The van der Waals surface area contributed by atoms with E-state index in [9.17, 15) is 0 Å². The van der Waals surface area contributed by atoms with Crippen LogP contribution in [0.25, 0.3) is 33.8 Å². The number of rotatable bonds is 7. The molecule has 0 aliphatic heterocycles. The van der Waals surface area contributed by atoms with Crippen LogP contribution in [0.3, 0.4) is 0 Å². The molecule has 4 heterocycles. The number of hydrogen-bond acceptors (Lipinski definition) is 5. The highest BCUT2D eigenvalue weighted by Gasteiger charge is 2.19. The van der Waals surface area contributed by atoms with Gasteiger partial charge in [-0.3, -0.25) is 9.97 Å². The Bertz CT molecular complexity index is 1220. The minimum Gasteiger partial charge on any atom is -0.361 e. The van der Waals surface area contributed by atoms with Gasteiger partial charge in [-0.15, -0.1) is 0 Å². The highest BCUT2D eigenvalue weighted by Crippen LogP contribution is 2.31. The van der Waals surface area contributed by atoms with Crippen LogP contribution in [0.15, 0.2) is 53.4 Å². The third kappa shape index (κ3) is 5.26. The van der Waals surface area contributed by atoms with E-state index in [0.717, 1.165) is 56.6 Å². The van der Waals surface area contributed by atoms with E-state index >= 15 is 0 Å². The molecule has 0 saturated heterocycles. The Kier molecular flexibility index (Phi) is 6.31. The fourth-order valence-electron chi connectivity index (χ4n) is 3.27. The standard InChI is InChI=1S/C23H26BrN5OSi/c1-16-6-5-7-19(27-16)22-23(29(14-26-22)15-30-10-11-31(2,3)4)20-9-8-18-21(28-20)12-17(24)13-25-18/h5-9,12-14H,10-11,15H2,1-4H3. The van der Waals surface area contributed by atoms with Crippen LogP contribution >= 0.6 is 15.9 Å². The second kappa shape index (κ2) is 8.98. The zero-order valence-corrected chi connectivity index (χ0v) is 20.8. The fourth-order valence-corrected chi connectivity index (χ4v) is 4.34. The predicted octanol–water partition coefficient (Wildman–Crippen LogP) is 5.94. The third-order valence-corrected chi connectivity index (χ3v) is 7.08. The van der Waals surface area contributed by atoms with Gasteiger partial charge in [0.2, 0.25) is 0 Å².